The Kier molecular flexibility index (Phi) is 3.10. The van der Waals surface area contributed by atoms with Crippen LogP contribution in [0.3, 0.4) is 0 Å². The van der Waals surface area contributed by atoms with Crippen molar-refractivity contribution in [1.29, 1.82) is 0 Å². The van der Waals surface area contributed by atoms with Crippen LogP contribution in [0.15, 0.2) is 64.1 Å². The van der Waals surface area contributed by atoms with Crippen molar-refractivity contribution in [3.63, 3.8) is 0 Å². The van der Waals surface area contributed by atoms with E-state index in [0.29, 0.717) is 5.76 Å². The molecule has 1 heterocycles. The van der Waals surface area contributed by atoms with Gasteiger partial charge in [0.25, 0.3) is 0 Å². The van der Waals surface area contributed by atoms with E-state index in [4.69, 9.17) is 4.42 Å². The van der Waals surface area contributed by atoms with Crippen LogP contribution in [0.1, 0.15) is 11.3 Å². The highest BCUT2D eigenvalue weighted by atomic mass is 32.2. The number of sulfone groups is 1. The molecule has 20 heavy (non-hydrogen) atoms. The predicted octanol–water partition coefficient (Wildman–Crippen LogP) is 3.72. The van der Waals surface area contributed by atoms with Crippen molar-refractivity contribution in [2.45, 2.75) is 17.6 Å². The smallest absolute Gasteiger partial charge is 0.185 e. The van der Waals surface area contributed by atoms with E-state index >= 15 is 0 Å². The summed E-state index contributed by atoms with van der Waals surface area (Å²) in [4.78, 5) is 0.269. The molecule has 4 heteroatoms. The Hall–Kier alpha value is -2.07. The number of rotatable bonds is 3. The third-order valence-corrected chi connectivity index (χ3v) is 5.16. The maximum absolute atomic E-state index is 12.5. The zero-order valence-corrected chi connectivity index (χ0v) is 11.9. The molecule has 0 aliphatic heterocycles. The van der Waals surface area contributed by atoms with E-state index in [1.54, 1.807) is 6.92 Å². The maximum atomic E-state index is 12.5. The molecule has 0 bridgehead atoms. The molecular weight excluding hydrogens is 272 g/mol. The van der Waals surface area contributed by atoms with Crippen molar-refractivity contribution in [2.24, 2.45) is 0 Å². The monoisotopic (exact) mass is 286 g/mol. The van der Waals surface area contributed by atoms with Gasteiger partial charge in [0, 0.05) is 0 Å². The Morgan fingerprint density at radius 2 is 1.75 bits per heavy atom. The highest BCUT2D eigenvalue weighted by Gasteiger charge is 2.20. The number of fused-ring (bicyclic) bond motifs is 1. The van der Waals surface area contributed by atoms with E-state index in [1.807, 2.05) is 42.5 Å². The van der Waals surface area contributed by atoms with Crippen molar-refractivity contribution in [3.05, 3.63) is 66.1 Å². The third kappa shape index (κ3) is 2.23. The van der Waals surface area contributed by atoms with Crippen molar-refractivity contribution < 1.29 is 12.8 Å². The summed E-state index contributed by atoms with van der Waals surface area (Å²) in [5.74, 6) is 0.416. The Bertz CT molecular complexity index is 855. The van der Waals surface area contributed by atoms with Crippen LogP contribution in [0.4, 0.5) is 0 Å². The first kappa shape index (κ1) is 12.9. The van der Waals surface area contributed by atoms with Crippen molar-refractivity contribution in [1.82, 2.24) is 0 Å². The lowest BCUT2D eigenvalue weighted by atomic mass is 10.1. The summed E-state index contributed by atoms with van der Waals surface area (Å²) in [5.41, 5.74) is 0.809. The van der Waals surface area contributed by atoms with E-state index in [-0.39, 0.29) is 10.6 Å². The number of furan rings is 1. The fraction of sp³-hybridized carbons (Fsp3) is 0.125. The van der Waals surface area contributed by atoms with Gasteiger partial charge in [0.15, 0.2) is 9.84 Å². The summed E-state index contributed by atoms with van der Waals surface area (Å²) in [6.45, 7) is 1.66. The van der Waals surface area contributed by atoms with E-state index in [1.165, 1.54) is 12.3 Å². The van der Waals surface area contributed by atoms with E-state index in [9.17, 15) is 8.42 Å². The number of hydrogen-bond acceptors (Lipinski definition) is 3. The SMILES string of the molecule is Cc1occc1S(=O)(=O)Cc1cccc2ccccc12. The van der Waals surface area contributed by atoms with Gasteiger partial charge in [-0.1, -0.05) is 42.5 Å². The minimum absolute atomic E-state index is 0.0191. The molecule has 0 spiro atoms. The van der Waals surface area contributed by atoms with Gasteiger partial charge in [0.1, 0.15) is 10.7 Å². The summed E-state index contributed by atoms with van der Waals surface area (Å²) in [7, 11) is -3.39. The van der Waals surface area contributed by atoms with Crippen LogP contribution in [0, 0.1) is 6.92 Å². The van der Waals surface area contributed by atoms with Crippen LogP contribution in [-0.4, -0.2) is 8.42 Å². The Balaban J connectivity index is 2.08. The molecule has 0 atom stereocenters. The minimum atomic E-state index is -3.39. The molecule has 0 amide bonds. The first-order valence-electron chi connectivity index (χ1n) is 6.31. The minimum Gasteiger partial charge on any atom is -0.468 e. The van der Waals surface area contributed by atoms with Gasteiger partial charge in [0.2, 0.25) is 0 Å². The maximum Gasteiger partial charge on any atom is 0.185 e. The van der Waals surface area contributed by atoms with E-state index in [2.05, 4.69) is 0 Å². The summed E-state index contributed by atoms with van der Waals surface area (Å²) < 4.78 is 30.0. The standard InChI is InChI=1S/C16H14O3S/c1-12-16(9-10-19-12)20(17,18)11-14-7-4-6-13-5-2-3-8-15(13)14/h2-10H,11H2,1H3. The highest BCUT2D eigenvalue weighted by Crippen LogP contribution is 2.25. The van der Waals surface area contributed by atoms with Crippen LogP contribution in [0.2, 0.25) is 0 Å². The van der Waals surface area contributed by atoms with Gasteiger partial charge < -0.3 is 4.42 Å². The molecular formula is C16H14O3S. The van der Waals surface area contributed by atoms with Gasteiger partial charge in [-0.05, 0) is 29.3 Å². The molecule has 0 fully saturated rings. The summed E-state index contributed by atoms with van der Waals surface area (Å²) in [6.07, 6.45) is 1.41. The molecule has 2 aromatic carbocycles. The van der Waals surface area contributed by atoms with Crippen LogP contribution >= 0.6 is 0 Å². The summed E-state index contributed by atoms with van der Waals surface area (Å²) >= 11 is 0. The second kappa shape index (κ2) is 4.80. The topological polar surface area (TPSA) is 47.3 Å². The molecule has 102 valence electrons. The van der Waals surface area contributed by atoms with Crippen molar-refractivity contribution >= 4 is 20.6 Å². The molecule has 3 aromatic rings. The number of hydrogen-bond donors (Lipinski definition) is 0. The number of aryl methyl sites for hydroxylation is 1. The van der Waals surface area contributed by atoms with Crippen LogP contribution < -0.4 is 0 Å². The second-order valence-corrected chi connectivity index (χ2v) is 6.70. The summed E-state index contributed by atoms with van der Waals surface area (Å²) in [6, 6.07) is 15.0. The number of benzene rings is 2. The van der Waals surface area contributed by atoms with E-state index in [0.717, 1.165) is 16.3 Å². The average molecular weight is 286 g/mol. The average Bonchev–Trinajstić information content (AvgIpc) is 2.86. The lowest BCUT2D eigenvalue weighted by molar-refractivity contribution is 0.522. The molecule has 0 radical (unpaired) electrons. The molecule has 0 aliphatic rings. The predicted molar refractivity (Wildman–Crippen MR) is 78.3 cm³/mol. The molecule has 0 saturated heterocycles. The molecule has 0 unspecified atom stereocenters. The zero-order chi connectivity index (χ0) is 14.2. The molecule has 0 saturated carbocycles. The molecule has 3 nitrogen and oxygen atoms in total. The highest BCUT2D eigenvalue weighted by molar-refractivity contribution is 7.90. The Morgan fingerprint density at radius 3 is 2.50 bits per heavy atom. The molecule has 0 N–H and O–H groups in total. The molecule has 1 aromatic heterocycles. The fourth-order valence-corrected chi connectivity index (χ4v) is 3.96. The lowest BCUT2D eigenvalue weighted by Gasteiger charge is -2.07. The Labute approximate surface area is 117 Å². The van der Waals surface area contributed by atoms with Crippen molar-refractivity contribution in [2.75, 3.05) is 0 Å². The van der Waals surface area contributed by atoms with Crippen LogP contribution in [0.25, 0.3) is 10.8 Å². The van der Waals surface area contributed by atoms with E-state index < -0.39 is 9.84 Å². The normalized spacial score (nSPS) is 11.8. The molecule has 3 rings (SSSR count). The van der Waals surface area contributed by atoms with Crippen LogP contribution in [0.5, 0.6) is 0 Å². The first-order chi connectivity index (χ1) is 9.58. The van der Waals surface area contributed by atoms with Gasteiger partial charge in [-0.25, -0.2) is 8.42 Å². The molecule has 0 aliphatic carbocycles. The van der Waals surface area contributed by atoms with Gasteiger partial charge in [-0.2, -0.15) is 0 Å². The Morgan fingerprint density at radius 1 is 1.00 bits per heavy atom. The second-order valence-electron chi connectivity index (χ2n) is 4.74. The van der Waals surface area contributed by atoms with Crippen molar-refractivity contribution in [3.8, 4) is 0 Å². The fourth-order valence-electron chi connectivity index (χ4n) is 2.40. The third-order valence-electron chi connectivity index (χ3n) is 3.37. The van der Waals surface area contributed by atoms with Gasteiger partial charge in [-0.3, -0.25) is 0 Å². The largest absolute Gasteiger partial charge is 0.468 e. The quantitative estimate of drug-likeness (QED) is 0.737. The summed E-state index contributed by atoms with van der Waals surface area (Å²) in [5, 5.41) is 2.02. The van der Waals surface area contributed by atoms with Gasteiger partial charge in [-0.15, -0.1) is 0 Å². The van der Waals surface area contributed by atoms with Gasteiger partial charge in [0.05, 0.1) is 12.0 Å². The van der Waals surface area contributed by atoms with Gasteiger partial charge >= 0.3 is 0 Å². The zero-order valence-electron chi connectivity index (χ0n) is 11.0. The lowest BCUT2D eigenvalue weighted by Crippen LogP contribution is -2.05. The first-order valence-corrected chi connectivity index (χ1v) is 7.97. The van der Waals surface area contributed by atoms with Crippen LogP contribution in [-0.2, 0) is 15.6 Å².